The summed E-state index contributed by atoms with van der Waals surface area (Å²) < 4.78 is 7.39. The number of nitrogens with one attached hydrogen (secondary N) is 1. The van der Waals surface area contributed by atoms with Crippen LogP contribution in [0.2, 0.25) is 0 Å². The molecule has 4 aromatic rings. The number of hydrogen-bond acceptors (Lipinski definition) is 6. The molecule has 1 aliphatic heterocycles. The quantitative estimate of drug-likeness (QED) is 0.421. The van der Waals surface area contributed by atoms with E-state index < -0.39 is 0 Å². The van der Waals surface area contributed by atoms with Crippen LogP contribution in [0.4, 0.5) is 5.82 Å². The van der Waals surface area contributed by atoms with Crippen LogP contribution in [0.15, 0.2) is 54.6 Å². The van der Waals surface area contributed by atoms with Gasteiger partial charge in [0.2, 0.25) is 0 Å². The zero-order chi connectivity index (χ0) is 23.3. The minimum absolute atomic E-state index is 0.213. The van der Waals surface area contributed by atoms with Crippen LogP contribution in [0.1, 0.15) is 22.3 Å². The standard InChI is InChI=1S/C26H30N6O2/c27-24-22(26(33)28-12-11-19-7-2-1-3-8-19)23-25(30-21-10-5-4-9-20(21)29-23)32(24)14-6-13-31-15-17-34-18-16-31/h1-5,7-10H,6,11-18,27H2,(H,28,33). The molecule has 8 nitrogen and oxygen atoms in total. The van der Waals surface area contributed by atoms with Crippen molar-refractivity contribution in [2.75, 3.05) is 45.1 Å². The molecule has 0 saturated carbocycles. The summed E-state index contributed by atoms with van der Waals surface area (Å²) in [5, 5.41) is 3.03. The van der Waals surface area contributed by atoms with Gasteiger partial charge in [-0.15, -0.1) is 0 Å². The molecule has 1 aliphatic rings. The van der Waals surface area contributed by atoms with Crippen LogP contribution in [-0.4, -0.2) is 64.7 Å². The van der Waals surface area contributed by atoms with Gasteiger partial charge in [0.25, 0.3) is 5.91 Å². The van der Waals surface area contributed by atoms with Gasteiger partial charge in [-0.05, 0) is 30.5 Å². The van der Waals surface area contributed by atoms with Gasteiger partial charge in [0, 0.05) is 32.7 Å². The molecule has 3 heterocycles. The lowest BCUT2D eigenvalue weighted by Gasteiger charge is -2.26. The number of nitrogen functional groups attached to an aromatic ring is 1. The summed E-state index contributed by atoms with van der Waals surface area (Å²) in [6.07, 6.45) is 1.65. The average Bonchev–Trinajstić information content (AvgIpc) is 3.14. The minimum Gasteiger partial charge on any atom is -0.384 e. The molecule has 176 valence electrons. The first kappa shape index (κ1) is 22.3. The summed E-state index contributed by atoms with van der Waals surface area (Å²) >= 11 is 0. The molecule has 2 aromatic heterocycles. The fraction of sp³-hybridized carbons (Fsp3) is 0.346. The smallest absolute Gasteiger partial charge is 0.257 e. The van der Waals surface area contributed by atoms with Crippen LogP contribution in [-0.2, 0) is 17.7 Å². The summed E-state index contributed by atoms with van der Waals surface area (Å²) in [6, 6.07) is 17.8. The lowest BCUT2D eigenvalue weighted by Crippen LogP contribution is -2.37. The van der Waals surface area contributed by atoms with E-state index in [0.29, 0.717) is 35.6 Å². The van der Waals surface area contributed by atoms with E-state index in [4.69, 9.17) is 20.4 Å². The Labute approximate surface area is 198 Å². The number of carbonyl (C=O) groups excluding carboxylic acids is 1. The maximum Gasteiger partial charge on any atom is 0.257 e. The van der Waals surface area contributed by atoms with E-state index >= 15 is 0 Å². The molecule has 1 saturated heterocycles. The number of carbonyl (C=O) groups is 1. The largest absolute Gasteiger partial charge is 0.384 e. The van der Waals surface area contributed by atoms with Crippen molar-refractivity contribution in [1.29, 1.82) is 0 Å². The van der Waals surface area contributed by atoms with Gasteiger partial charge in [-0.25, -0.2) is 9.97 Å². The summed E-state index contributed by atoms with van der Waals surface area (Å²) in [7, 11) is 0. The van der Waals surface area contributed by atoms with Crippen LogP contribution < -0.4 is 11.1 Å². The summed E-state index contributed by atoms with van der Waals surface area (Å²) in [6.45, 7) is 5.58. The molecular formula is C26H30N6O2. The Morgan fingerprint density at radius 3 is 2.44 bits per heavy atom. The number of anilines is 1. The third kappa shape index (κ3) is 4.73. The molecule has 0 atom stereocenters. The predicted octanol–water partition coefficient (Wildman–Crippen LogP) is 2.86. The molecule has 2 aromatic carbocycles. The SMILES string of the molecule is Nc1c(C(=O)NCCc2ccccc2)c2nc3ccccc3nc2n1CCCN1CCOCC1. The zero-order valence-electron chi connectivity index (χ0n) is 19.2. The van der Waals surface area contributed by atoms with Gasteiger partial charge in [-0.2, -0.15) is 0 Å². The number of nitrogens with zero attached hydrogens (tertiary/aromatic N) is 4. The lowest BCUT2D eigenvalue weighted by molar-refractivity contribution is 0.0370. The normalized spacial score (nSPS) is 14.6. The van der Waals surface area contributed by atoms with E-state index in [0.717, 1.165) is 56.7 Å². The highest BCUT2D eigenvalue weighted by molar-refractivity contribution is 6.10. The molecule has 1 fully saturated rings. The van der Waals surface area contributed by atoms with Crippen molar-refractivity contribution in [3.63, 3.8) is 0 Å². The number of ether oxygens (including phenoxy) is 1. The van der Waals surface area contributed by atoms with Gasteiger partial charge in [-0.3, -0.25) is 9.69 Å². The molecule has 0 radical (unpaired) electrons. The number of aromatic nitrogens is 3. The first-order valence-electron chi connectivity index (χ1n) is 11.9. The second kappa shape index (κ2) is 10.2. The maximum absolute atomic E-state index is 13.2. The number of fused-ring (bicyclic) bond motifs is 2. The van der Waals surface area contributed by atoms with Crippen molar-refractivity contribution in [3.8, 4) is 0 Å². The Morgan fingerprint density at radius 2 is 1.68 bits per heavy atom. The second-order valence-corrected chi connectivity index (χ2v) is 8.60. The number of morpholine rings is 1. The van der Waals surface area contributed by atoms with Gasteiger partial charge in [0.15, 0.2) is 5.65 Å². The molecule has 0 spiro atoms. The molecule has 1 amide bonds. The molecule has 0 aliphatic carbocycles. The molecule has 3 N–H and O–H groups in total. The molecule has 0 unspecified atom stereocenters. The number of hydrogen-bond donors (Lipinski definition) is 2. The van der Waals surface area contributed by atoms with Crippen molar-refractivity contribution in [2.24, 2.45) is 0 Å². The summed E-state index contributed by atoms with van der Waals surface area (Å²) in [5.74, 6) is 0.208. The first-order chi connectivity index (χ1) is 16.7. The molecule has 0 bridgehead atoms. The van der Waals surface area contributed by atoms with E-state index in [9.17, 15) is 4.79 Å². The minimum atomic E-state index is -0.213. The Bertz CT molecular complexity index is 1280. The first-order valence-corrected chi connectivity index (χ1v) is 11.9. The highest BCUT2D eigenvalue weighted by Crippen LogP contribution is 2.28. The van der Waals surface area contributed by atoms with Crippen molar-refractivity contribution >= 4 is 33.9 Å². The molecule has 5 rings (SSSR count). The van der Waals surface area contributed by atoms with Crippen LogP contribution in [0, 0.1) is 0 Å². The maximum atomic E-state index is 13.2. The molecule has 8 heteroatoms. The highest BCUT2D eigenvalue weighted by Gasteiger charge is 2.24. The summed E-state index contributed by atoms with van der Waals surface area (Å²) in [5.41, 5.74) is 10.9. The fourth-order valence-electron chi connectivity index (χ4n) is 4.50. The summed E-state index contributed by atoms with van der Waals surface area (Å²) in [4.78, 5) is 25.3. The van der Waals surface area contributed by atoms with Gasteiger partial charge in [-0.1, -0.05) is 42.5 Å². The fourth-order valence-corrected chi connectivity index (χ4v) is 4.50. The van der Waals surface area contributed by atoms with Crippen molar-refractivity contribution < 1.29 is 9.53 Å². The number of aryl methyl sites for hydroxylation is 1. The number of amides is 1. The van der Waals surface area contributed by atoms with Gasteiger partial charge in [0.1, 0.15) is 16.9 Å². The Kier molecular flexibility index (Phi) is 6.69. The van der Waals surface area contributed by atoms with E-state index in [1.807, 2.05) is 47.0 Å². The van der Waals surface area contributed by atoms with Crippen LogP contribution in [0.5, 0.6) is 0 Å². The van der Waals surface area contributed by atoms with E-state index in [1.165, 1.54) is 5.56 Å². The molecule has 34 heavy (non-hydrogen) atoms. The van der Waals surface area contributed by atoms with Crippen LogP contribution in [0.3, 0.4) is 0 Å². The number of benzene rings is 2. The number of para-hydroxylation sites is 2. The van der Waals surface area contributed by atoms with Gasteiger partial charge >= 0.3 is 0 Å². The monoisotopic (exact) mass is 458 g/mol. The Balaban J connectivity index is 1.40. The number of rotatable bonds is 8. The van der Waals surface area contributed by atoms with Crippen molar-refractivity contribution in [1.82, 2.24) is 24.8 Å². The lowest BCUT2D eigenvalue weighted by atomic mass is 10.1. The second-order valence-electron chi connectivity index (χ2n) is 8.60. The van der Waals surface area contributed by atoms with Crippen LogP contribution in [0.25, 0.3) is 22.2 Å². The highest BCUT2D eigenvalue weighted by atomic mass is 16.5. The Hall–Kier alpha value is -3.49. The van der Waals surface area contributed by atoms with Crippen molar-refractivity contribution in [2.45, 2.75) is 19.4 Å². The van der Waals surface area contributed by atoms with Gasteiger partial charge in [0.05, 0.1) is 24.2 Å². The average molecular weight is 459 g/mol. The van der Waals surface area contributed by atoms with Crippen molar-refractivity contribution in [3.05, 3.63) is 65.7 Å². The van der Waals surface area contributed by atoms with Crippen LogP contribution >= 0.6 is 0 Å². The van der Waals surface area contributed by atoms with E-state index in [-0.39, 0.29) is 5.91 Å². The third-order valence-corrected chi connectivity index (χ3v) is 6.32. The van der Waals surface area contributed by atoms with E-state index in [1.54, 1.807) is 0 Å². The Morgan fingerprint density at radius 1 is 0.971 bits per heavy atom. The van der Waals surface area contributed by atoms with Gasteiger partial charge < -0.3 is 20.4 Å². The third-order valence-electron chi connectivity index (χ3n) is 6.32. The van der Waals surface area contributed by atoms with E-state index in [2.05, 4.69) is 22.3 Å². The topological polar surface area (TPSA) is 98.3 Å². The zero-order valence-corrected chi connectivity index (χ0v) is 19.2. The number of nitrogens with two attached hydrogens (primary N) is 1. The molecular weight excluding hydrogens is 428 g/mol. The predicted molar refractivity (Wildman–Crippen MR) is 134 cm³/mol.